The minimum Gasteiger partial charge on any atom is -0.462 e. The second-order valence-corrected chi connectivity index (χ2v) is 7.42. The summed E-state index contributed by atoms with van der Waals surface area (Å²) in [6.45, 7) is 6.64. The molecule has 2 saturated carbocycles. The van der Waals surface area contributed by atoms with Gasteiger partial charge in [-0.15, -0.1) is 0 Å². The summed E-state index contributed by atoms with van der Waals surface area (Å²) in [5, 5.41) is 0. The van der Waals surface area contributed by atoms with Crippen LogP contribution in [0, 0.1) is 23.7 Å². The summed E-state index contributed by atoms with van der Waals surface area (Å²) in [5.41, 5.74) is 0. The molecule has 21 heavy (non-hydrogen) atoms. The van der Waals surface area contributed by atoms with Crippen LogP contribution >= 0.6 is 0 Å². The van der Waals surface area contributed by atoms with E-state index < -0.39 is 5.92 Å². The molecule has 2 aliphatic carbocycles. The van der Waals surface area contributed by atoms with Crippen LogP contribution in [0.4, 0.5) is 0 Å². The van der Waals surface area contributed by atoms with Crippen LogP contribution in [0.5, 0.6) is 0 Å². The Morgan fingerprint density at radius 1 is 1.14 bits per heavy atom. The Balaban J connectivity index is 2.00. The lowest BCUT2D eigenvalue weighted by Crippen LogP contribution is -2.38. The zero-order valence-corrected chi connectivity index (χ0v) is 13.8. The molecule has 0 saturated heterocycles. The molecular weight excluding hydrogens is 264 g/mol. The minimum absolute atomic E-state index is 0.0114. The molecule has 0 aromatic heterocycles. The SMILES string of the molecule is CC(C)[C@@H]1CC[C@@H](C)C[C@H]1OC(=O)C1CCCCCC1=O. The fraction of sp³-hybridized carbons (Fsp3) is 0.889. The summed E-state index contributed by atoms with van der Waals surface area (Å²) in [5.74, 6) is 0.959. The van der Waals surface area contributed by atoms with E-state index in [2.05, 4.69) is 20.8 Å². The van der Waals surface area contributed by atoms with Crippen molar-refractivity contribution in [2.24, 2.45) is 23.7 Å². The number of hydrogen-bond donors (Lipinski definition) is 0. The van der Waals surface area contributed by atoms with E-state index in [-0.39, 0.29) is 17.9 Å². The van der Waals surface area contributed by atoms with Gasteiger partial charge in [-0.25, -0.2) is 0 Å². The molecule has 1 unspecified atom stereocenters. The maximum absolute atomic E-state index is 12.5. The summed E-state index contributed by atoms with van der Waals surface area (Å²) in [4.78, 5) is 24.5. The molecular formula is C18H30O3. The van der Waals surface area contributed by atoms with Gasteiger partial charge >= 0.3 is 5.97 Å². The van der Waals surface area contributed by atoms with Crippen molar-refractivity contribution in [2.45, 2.75) is 78.2 Å². The van der Waals surface area contributed by atoms with Gasteiger partial charge in [0.05, 0.1) is 0 Å². The number of carbonyl (C=O) groups excluding carboxylic acids is 2. The third-order valence-electron chi connectivity index (χ3n) is 5.32. The molecule has 0 N–H and O–H groups in total. The van der Waals surface area contributed by atoms with Gasteiger partial charge in [0.25, 0.3) is 0 Å². The van der Waals surface area contributed by atoms with Crippen LogP contribution < -0.4 is 0 Å². The Labute approximate surface area is 128 Å². The van der Waals surface area contributed by atoms with Crippen molar-refractivity contribution in [3.63, 3.8) is 0 Å². The number of hydrogen-bond acceptors (Lipinski definition) is 3. The topological polar surface area (TPSA) is 43.4 Å². The number of ketones is 1. The summed E-state index contributed by atoms with van der Waals surface area (Å²) < 4.78 is 5.84. The quantitative estimate of drug-likeness (QED) is 0.446. The second-order valence-electron chi connectivity index (χ2n) is 7.42. The summed E-state index contributed by atoms with van der Waals surface area (Å²) >= 11 is 0. The highest BCUT2D eigenvalue weighted by Gasteiger charge is 2.36. The lowest BCUT2D eigenvalue weighted by Gasteiger charge is -2.37. The van der Waals surface area contributed by atoms with Crippen LogP contribution in [0.3, 0.4) is 0 Å². The molecule has 0 aromatic rings. The predicted octanol–water partition coefficient (Wildman–Crippen LogP) is 4.14. The molecule has 3 nitrogen and oxygen atoms in total. The second kappa shape index (κ2) is 7.42. The smallest absolute Gasteiger partial charge is 0.316 e. The highest BCUT2D eigenvalue weighted by Crippen LogP contribution is 2.36. The minimum atomic E-state index is -0.488. The molecule has 0 amide bonds. The first-order valence-corrected chi connectivity index (χ1v) is 8.72. The molecule has 0 radical (unpaired) electrons. The van der Waals surface area contributed by atoms with Gasteiger partial charge < -0.3 is 4.74 Å². The maximum atomic E-state index is 12.5. The fourth-order valence-electron chi connectivity index (χ4n) is 3.89. The van der Waals surface area contributed by atoms with E-state index in [1.54, 1.807) is 0 Å². The number of ether oxygens (including phenoxy) is 1. The van der Waals surface area contributed by atoms with E-state index >= 15 is 0 Å². The molecule has 0 spiro atoms. The van der Waals surface area contributed by atoms with Crippen molar-refractivity contribution in [2.75, 3.05) is 0 Å². The standard InChI is InChI=1S/C18H30O3/c1-12(2)14-10-9-13(3)11-17(14)21-18(20)15-7-5-4-6-8-16(15)19/h12-15,17H,4-11H2,1-3H3/t13-,14+,15?,17-/m1/s1. The van der Waals surface area contributed by atoms with Crippen LogP contribution in [-0.4, -0.2) is 17.9 Å². The molecule has 0 heterocycles. The lowest BCUT2D eigenvalue weighted by molar-refractivity contribution is -0.163. The first kappa shape index (κ1) is 16.5. The Kier molecular flexibility index (Phi) is 5.83. The molecule has 4 atom stereocenters. The Morgan fingerprint density at radius 2 is 1.90 bits per heavy atom. The van der Waals surface area contributed by atoms with Crippen molar-refractivity contribution in [1.29, 1.82) is 0 Å². The van der Waals surface area contributed by atoms with Crippen LogP contribution in [-0.2, 0) is 14.3 Å². The maximum Gasteiger partial charge on any atom is 0.316 e. The third kappa shape index (κ3) is 4.31. The lowest BCUT2D eigenvalue weighted by atomic mass is 9.75. The van der Waals surface area contributed by atoms with E-state index in [9.17, 15) is 9.59 Å². The van der Waals surface area contributed by atoms with Gasteiger partial charge in [0.15, 0.2) is 0 Å². The Hall–Kier alpha value is -0.860. The van der Waals surface area contributed by atoms with E-state index in [1.807, 2.05) is 0 Å². The van der Waals surface area contributed by atoms with Gasteiger partial charge in [-0.2, -0.15) is 0 Å². The van der Waals surface area contributed by atoms with E-state index in [0.29, 0.717) is 30.6 Å². The first-order chi connectivity index (χ1) is 9.99. The first-order valence-electron chi connectivity index (χ1n) is 8.72. The highest BCUT2D eigenvalue weighted by atomic mass is 16.5. The number of Topliss-reactive ketones (excluding diaryl/α,β-unsaturated/α-hetero) is 1. The van der Waals surface area contributed by atoms with Crippen molar-refractivity contribution in [3.05, 3.63) is 0 Å². The van der Waals surface area contributed by atoms with E-state index in [1.165, 1.54) is 6.42 Å². The van der Waals surface area contributed by atoms with E-state index in [0.717, 1.165) is 32.1 Å². The number of esters is 1. The molecule has 0 aliphatic heterocycles. The van der Waals surface area contributed by atoms with Gasteiger partial charge in [-0.1, -0.05) is 40.0 Å². The van der Waals surface area contributed by atoms with Crippen molar-refractivity contribution in [3.8, 4) is 0 Å². The van der Waals surface area contributed by atoms with Crippen LogP contribution in [0.1, 0.15) is 72.1 Å². The predicted molar refractivity (Wildman–Crippen MR) is 82.8 cm³/mol. The number of carbonyl (C=O) groups is 2. The van der Waals surface area contributed by atoms with Crippen LogP contribution in [0.15, 0.2) is 0 Å². The summed E-state index contributed by atoms with van der Waals surface area (Å²) in [6, 6.07) is 0. The normalized spacial score (nSPS) is 34.6. The summed E-state index contributed by atoms with van der Waals surface area (Å²) in [6.07, 6.45) is 7.52. The van der Waals surface area contributed by atoms with Gasteiger partial charge in [0.2, 0.25) is 0 Å². The third-order valence-corrected chi connectivity index (χ3v) is 5.32. The van der Waals surface area contributed by atoms with Gasteiger partial charge in [-0.3, -0.25) is 9.59 Å². The van der Waals surface area contributed by atoms with Gasteiger partial charge in [-0.05, 0) is 43.4 Å². The molecule has 2 aliphatic rings. The zero-order valence-electron chi connectivity index (χ0n) is 13.8. The average Bonchev–Trinajstić information content (AvgIpc) is 2.63. The molecule has 2 rings (SSSR count). The Morgan fingerprint density at radius 3 is 2.62 bits per heavy atom. The van der Waals surface area contributed by atoms with Crippen molar-refractivity contribution in [1.82, 2.24) is 0 Å². The highest BCUT2D eigenvalue weighted by molar-refractivity contribution is 5.99. The van der Waals surface area contributed by atoms with Crippen molar-refractivity contribution < 1.29 is 14.3 Å². The molecule has 2 fully saturated rings. The van der Waals surface area contributed by atoms with Gasteiger partial charge in [0, 0.05) is 6.42 Å². The zero-order chi connectivity index (χ0) is 15.4. The van der Waals surface area contributed by atoms with Crippen molar-refractivity contribution >= 4 is 11.8 Å². The Bertz CT molecular complexity index is 375. The van der Waals surface area contributed by atoms with Crippen LogP contribution in [0.25, 0.3) is 0 Å². The summed E-state index contributed by atoms with van der Waals surface area (Å²) in [7, 11) is 0. The largest absolute Gasteiger partial charge is 0.462 e. The average molecular weight is 294 g/mol. The fourth-order valence-corrected chi connectivity index (χ4v) is 3.89. The van der Waals surface area contributed by atoms with Gasteiger partial charge in [0.1, 0.15) is 17.8 Å². The number of rotatable bonds is 3. The monoisotopic (exact) mass is 294 g/mol. The molecule has 0 aromatic carbocycles. The molecule has 120 valence electrons. The van der Waals surface area contributed by atoms with E-state index in [4.69, 9.17) is 4.74 Å². The molecule has 0 bridgehead atoms. The van der Waals surface area contributed by atoms with Crippen LogP contribution in [0.2, 0.25) is 0 Å². The molecule has 3 heteroatoms.